The summed E-state index contributed by atoms with van der Waals surface area (Å²) >= 11 is 0. The quantitative estimate of drug-likeness (QED) is 0.707. The molecule has 1 aromatic rings. The number of amides is 2. The number of carbonyl (C=O) groups excluding carboxylic acids is 2. The lowest BCUT2D eigenvalue weighted by atomic mass is 10.2. The minimum Gasteiger partial charge on any atom is -0.366 e. The molecular formula is C10H16N6O2. The third kappa shape index (κ3) is 2.13. The highest BCUT2D eigenvalue weighted by Gasteiger charge is 2.36. The molecule has 2 heterocycles. The molecule has 18 heavy (non-hydrogen) atoms. The van der Waals surface area contributed by atoms with Crippen LogP contribution >= 0.6 is 0 Å². The maximum absolute atomic E-state index is 12.2. The number of nitrogens with zero attached hydrogens (tertiary/aromatic N) is 4. The molecule has 2 rings (SSSR count). The van der Waals surface area contributed by atoms with Crippen LogP contribution in [0, 0.1) is 0 Å². The van der Waals surface area contributed by atoms with E-state index in [9.17, 15) is 9.59 Å². The SMILES string of the molecule is CN(C)C(=O)C1CCCN1C(=O)c1nc(N)n[nH]1. The Morgan fingerprint density at radius 2 is 2.22 bits per heavy atom. The van der Waals surface area contributed by atoms with Gasteiger partial charge >= 0.3 is 0 Å². The van der Waals surface area contributed by atoms with Gasteiger partial charge in [-0.15, -0.1) is 5.10 Å². The molecule has 1 aromatic heterocycles. The van der Waals surface area contributed by atoms with Crippen LogP contribution in [-0.4, -0.2) is 63.5 Å². The number of hydrogen-bond acceptors (Lipinski definition) is 5. The lowest BCUT2D eigenvalue weighted by Gasteiger charge is -2.25. The van der Waals surface area contributed by atoms with Crippen LogP contribution in [0.15, 0.2) is 0 Å². The van der Waals surface area contributed by atoms with Crippen molar-refractivity contribution in [3.05, 3.63) is 5.82 Å². The lowest BCUT2D eigenvalue weighted by molar-refractivity contribution is -0.132. The van der Waals surface area contributed by atoms with E-state index < -0.39 is 6.04 Å². The molecule has 1 saturated heterocycles. The first kappa shape index (κ1) is 12.3. The van der Waals surface area contributed by atoms with Crippen LogP contribution in [0.2, 0.25) is 0 Å². The number of aromatic amines is 1. The highest BCUT2D eigenvalue weighted by molar-refractivity contribution is 5.95. The Morgan fingerprint density at radius 3 is 2.78 bits per heavy atom. The Labute approximate surface area is 104 Å². The monoisotopic (exact) mass is 252 g/mol. The standard InChI is InChI=1S/C10H16N6O2/c1-15(2)8(17)6-4-3-5-16(6)9(18)7-12-10(11)14-13-7/h6H,3-5H2,1-2H3,(H3,11,12,13,14). The van der Waals surface area contributed by atoms with Gasteiger partial charge in [0.05, 0.1) is 0 Å². The summed E-state index contributed by atoms with van der Waals surface area (Å²) in [5, 5.41) is 6.08. The summed E-state index contributed by atoms with van der Waals surface area (Å²) < 4.78 is 0. The van der Waals surface area contributed by atoms with E-state index in [2.05, 4.69) is 15.2 Å². The molecule has 8 heteroatoms. The van der Waals surface area contributed by atoms with Gasteiger partial charge in [0.25, 0.3) is 5.91 Å². The molecule has 0 bridgehead atoms. The van der Waals surface area contributed by atoms with Crippen molar-refractivity contribution in [2.45, 2.75) is 18.9 Å². The topological polar surface area (TPSA) is 108 Å². The highest BCUT2D eigenvalue weighted by Crippen LogP contribution is 2.20. The van der Waals surface area contributed by atoms with Crippen molar-refractivity contribution in [2.75, 3.05) is 26.4 Å². The Morgan fingerprint density at radius 1 is 1.50 bits per heavy atom. The molecule has 1 fully saturated rings. The minimum atomic E-state index is -0.418. The van der Waals surface area contributed by atoms with Gasteiger partial charge in [0.15, 0.2) is 0 Å². The number of likely N-dealkylation sites (N-methyl/N-ethyl adjacent to an activating group) is 1. The van der Waals surface area contributed by atoms with Crippen molar-refractivity contribution in [3.63, 3.8) is 0 Å². The van der Waals surface area contributed by atoms with Crippen molar-refractivity contribution in [2.24, 2.45) is 0 Å². The number of likely N-dealkylation sites (tertiary alicyclic amines) is 1. The molecule has 3 N–H and O–H groups in total. The van der Waals surface area contributed by atoms with Gasteiger partial charge in [-0.3, -0.25) is 14.7 Å². The molecule has 2 amide bonds. The van der Waals surface area contributed by atoms with Crippen LogP contribution in [0.3, 0.4) is 0 Å². The molecule has 1 atom stereocenters. The predicted molar refractivity (Wildman–Crippen MR) is 63.5 cm³/mol. The van der Waals surface area contributed by atoms with Gasteiger partial charge in [0.2, 0.25) is 17.7 Å². The number of nitrogens with two attached hydrogens (primary N) is 1. The van der Waals surface area contributed by atoms with Crippen LogP contribution in [-0.2, 0) is 4.79 Å². The van der Waals surface area contributed by atoms with Gasteiger partial charge in [-0.25, -0.2) is 0 Å². The van der Waals surface area contributed by atoms with Gasteiger partial charge in [-0.1, -0.05) is 0 Å². The molecule has 0 radical (unpaired) electrons. The fourth-order valence-electron chi connectivity index (χ4n) is 2.07. The van der Waals surface area contributed by atoms with E-state index in [1.807, 2.05) is 0 Å². The first-order valence-corrected chi connectivity index (χ1v) is 5.70. The molecule has 0 aromatic carbocycles. The van der Waals surface area contributed by atoms with Crippen molar-refractivity contribution in [1.82, 2.24) is 25.0 Å². The van der Waals surface area contributed by atoms with Crippen LogP contribution in [0.1, 0.15) is 23.5 Å². The van der Waals surface area contributed by atoms with Crippen molar-refractivity contribution < 1.29 is 9.59 Å². The smallest absolute Gasteiger partial charge is 0.291 e. The molecule has 1 aliphatic heterocycles. The summed E-state index contributed by atoms with van der Waals surface area (Å²) in [6.07, 6.45) is 1.48. The number of anilines is 1. The second-order valence-electron chi connectivity index (χ2n) is 4.43. The van der Waals surface area contributed by atoms with E-state index in [-0.39, 0.29) is 23.6 Å². The predicted octanol–water partition coefficient (Wildman–Crippen LogP) is -0.920. The molecule has 8 nitrogen and oxygen atoms in total. The van der Waals surface area contributed by atoms with Gasteiger partial charge in [-0.2, -0.15) is 4.98 Å². The fraction of sp³-hybridized carbons (Fsp3) is 0.600. The van der Waals surface area contributed by atoms with E-state index in [1.54, 1.807) is 14.1 Å². The van der Waals surface area contributed by atoms with Crippen molar-refractivity contribution in [3.8, 4) is 0 Å². The molecule has 0 spiro atoms. The first-order chi connectivity index (χ1) is 8.50. The van der Waals surface area contributed by atoms with E-state index >= 15 is 0 Å². The van der Waals surface area contributed by atoms with Gasteiger partial charge in [0.1, 0.15) is 6.04 Å². The Balaban J connectivity index is 2.17. The van der Waals surface area contributed by atoms with Crippen LogP contribution in [0.4, 0.5) is 5.95 Å². The molecule has 98 valence electrons. The minimum absolute atomic E-state index is 0.0213. The normalized spacial score (nSPS) is 19.0. The number of rotatable bonds is 2. The van der Waals surface area contributed by atoms with Crippen LogP contribution in [0.5, 0.6) is 0 Å². The Kier molecular flexibility index (Phi) is 3.17. The summed E-state index contributed by atoms with van der Waals surface area (Å²) in [5.74, 6) is -0.316. The second-order valence-corrected chi connectivity index (χ2v) is 4.43. The van der Waals surface area contributed by atoms with Crippen LogP contribution in [0.25, 0.3) is 0 Å². The van der Waals surface area contributed by atoms with Crippen LogP contribution < -0.4 is 5.73 Å². The Bertz CT molecular complexity index is 469. The van der Waals surface area contributed by atoms with Gasteiger partial charge < -0.3 is 15.5 Å². The van der Waals surface area contributed by atoms with E-state index in [4.69, 9.17) is 5.73 Å². The maximum Gasteiger partial charge on any atom is 0.291 e. The molecule has 0 saturated carbocycles. The zero-order chi connectivity index (χ0) is 13.3. The molecule has 1 aliphatic rings. The zero-order valence-corrected chi connectivity index (χ0v) is 10.4. The summed E-state index contributed by atoms with van der Waals surface area (Å²) in [6.45, 7) is 0.545. The Hall–Kier alpha value is -2.12. The number of H-pyrrole nitrogens is 1. The fourth-order valence-corrected chi connectivity index (χ4v) is 2.07. The van der Waals surface area contributed by atoms with Crippen molar-refractivity contribution >= 4 is 17.8 Å². The number of nitrogen functional groups attached to an aromatic ring is 1. The van der Waals surface area contributed by atoms with E-state index in [1.165, 1.54) is 9.80 Å². The van der Waals surface area contributed by atoms with Crippen molar-refractivity contribution in [1.29, 1.82) is 0 Å². The maximum atomic E-state index is 12.2. The molecule has 0 aliphatic carbocycles. The molecule has 1 unspecified atom stereocenters. The summed E-state index contributed by atoms with van der Waals surface area (Å²) in [7, 11) is 3.35. The third-order valence-corrected chi connectivity index (χ3v) is 2.94. The van der Waals surface area contributed by atoms with E-state index in [0.29, 0.717) is 13.0 Å². The summed E-state index contributed by atoms with van der Waals surface area (Å²) in [5.41, 5.74) is 5.36. The number of hydrogen-bond donors (Lipinski definition) is 2. The number of carbonyl (C=O) groups is 2. The first-order valence-electron chi connectivity index (χ1n) is 5.70. The lowest BCUT2D eigenvalue weighted by Crippen LogP contribution is -2.45. The third-order valence-electron chi connectivity index (χ3n) is 2.94. The average Bonchev–Trinajstić information content (AvgIpc) is 2.95. The highest BCUT2D eigenvalue weighted by atomic mass is 16.2. The largest absolute Gasteiger partial charge is 0.366 e. The number of aromatic nitrogens is 3. The summed E-state index contributed by atoms with van der Waals surface area (Å²) in [6, 6.07) is -0.418. The van der Waals surface area contributed by atoms with Gasteiger partial charge in [-0.05, 0) is 12.8 Å². The zero-order valence-electron chi connectivity index (χ0n) is 10.4. The van der Waals surface area contributed by atoms with E-state index in [0.717, 1.165) is 6.42 Å². The summed E-state index contributed by atoms with van der Waals surface area (Å²) in [4.78, 5) is 30.9. The van der Waals surface area contributed by atoms with Gasteiger partial charge in [0, 0.05) is 20.6 Å². The molecular weight excluding hydrogens is 236 g/mol. The second kappa shape index (κ2) is 4.63. The number of nitrogens with one attached hydrogen (secondary N) is 1. The average molecular weight is 252 g/mol.